The maximum atomic E-state index is 12.1. The van der Waals surface area contributed by atoms with E-state index in [1.807, 2.05) is 0 Å². The number of aromatic nitrogens is 4. The number of carboxylic acid groups (broad SMARTS) is 1. The van der Waals surface area contributed by atoms with E-state index in [4.69, 9.17) is 15.6 Å². The zero-order valence-electron chi connectivity index (χ0n) is 13.5. The zero-order valence-corrected chi connectivity index (χ0v) is 14.4. The number of carboxylic acids is 1. The second-order valence-electron chi connectivity index (χ2n) is 5.09. The minimum Gasteiger partial charge on any atom is -0.475 e. The standard InChI is InChI=1S/C11H10F2N6OS.C2HF3O2/c12-6(13)2-15-9(20)4-1-5-7-8(19-18-5)16-11(14)17-10(7)21-3-4;3-2(4,5)1(6)7/h1,6H,2-3H2,(H,15,20)(H3,14,16,17,18,19);(H,6,7). The molecule has 0 spiro atoms. The number of nitrogens with one attached hydrogen (secondary N) is 2. The summed E-state index contributed by atoms with van der Waals surface area (Å²) in [6, 6.07) is 0. The number of nitrogens with zero attached hydrogens (tertiary/aromatic N) is 3. The van der Waals surface area contributed by atoms with Gasteiger partial charge in [0.05, 0.1) is 17.6 Å². The quantitative estimate of drug-likeness (QED) is 0.426. The highest BCUT2D eigenvalue weighted by Gasteiger charge is 2.38. The molecule has 5 N–H and O–H groups in total. The van der Waals surface area contributed by atoms with Crippen molar-refractivity contribution in [3.05, 3.63) is 11.3 Å². The van der Waals surface area contributed by atoms with E-state index >= 15 is 0 Å². The Kier molecular flexibility index (Phi) is 6.37. The summed E-state index contributed by atoms with van der Waals surface area (Å²) in [7, 11) is 0. The van der Waals surface area contributed by atoms with E-state index in [1.54, 1.807) is 6.08 Å². The van der Waals surface area contributed by atoms with E-state index in [-0.39, 0.29) is 5.95 Å². The number of halogens is 5. The zero-order chi connectivity index (χ0) is 21.1. The van der Waals surface area contributed by atoms with Gasteiger partial charge < -0.3 is 16.2 Å². The van der Waals surface area contributed by atoms with Crippen LogP contribution in [0.25, 0.3) is 17.1 Å². The fourth-order valence-electron chi connectivity index (χ4n) is 1.92. The number of amides is 1. The Morgan fingerprint density at radius 3 is 2.57 bits per heavy atom. The number of anilines is 1. The first-order valence-corrected chi connectivity index (χ1v) is 8.19. The number of carbonyl (C=O) groups is 2. The first-order chi connectivity index (χ1) is 13.0. The molecule has 3 rings (SSSR count). The summed E-state index contributed by atoms with van der Waals surface area (Å²) in [5.41, 5.74) is 6.91. The summed E-state index contributed by atoms with van der Waals surface area (Å²) in [6.07, 6.45) is -6.10. The average molecular weight is 426 g/mol. The van der Waals surface area contributed by atoms with E-state index in [9.17, 15) is 26.7 Å². The molecule has 9 nitrogen and oxygen atoms in total. The first-order valence-electron chi connectivity index (χ1n) is 7.20. The predicted molar refractivity (Wildman–Crippen MR) is 87.5 cm³/mol. The highest BCUT2D eigenvalue weighted by Crippen LogP contribution is 2.33. The maximum absolute atomic E-state index is 12.1. The summed E-state index contributed by atoms with van der Waals surface area (Å²) >= 11 is 1.28. The lowest BCUT2D eigenvalue weighted by Gasteiger charge is -2.06. The molecule has 152 valence electrons. The lowest BCUT2D eigenvalue weighted by molar-refractivity contribution is -0.192. The van der Waals surface area contributed by atoms with Crippen LogP contribution >= 0.6 is 11.8 Å². The topological polar surface area (TPSA) is 147 Å². The molecule has 0 aromatic carbocycles. The normalized spacial score (nSPS) is 13.4. The van der Waals surface area contributed by atoms with Crippen LogP contribution in [0.1, 0.15) is 5.69 Å². The first kappa shape index (κ1) is 21.3. The third-order valence-electron chi connectivity index (χ3n) is 3.06. The molecule has 2 aromatic heterocycles. The number of rotatable bonds is 3. The number of alkyl halides is 5. The van der Waals surface area contributed by atoms with Crippen molar-refractivity contribution < 1.29 is 36.6 Å². The molecule has 1 amide bonds. The van der Waals surface area contributed by atoms with Gasteiger partial charge in [0.15, 0.2) is 5.65 Å². The van der Waals surface area contributed by atoms with Gasteiger partial charge in [-0.05, 0) is 6.08 Å². The van der Waals surface area contributed by atoms with Gasteiger partial charge in [0.1, 0.15) is 5.03 Å². The Balaban J connectivity index is 0.000000345. The molecule has 0 unspecified atom stereocenters. The molecule has 0 saturated carbocycles. The van der Waals surface area contributed by atoms with E-state index in [1.165, 1.54) is 11.8 Å². The van der Waals surface area contributed by atoms with Crippen LogP contribution in [0.4, 0.5) is 27.9 Å². The van der Waals surface area contributed by atoms with Gasteiger partial charge in [-0.3, -0.25) is 9.89 Å². The van der Waals surface area contributed by atoms with Crippen molar-refractivity contribution in [2.75, 3.05) is 18.0 Å². The van der Waals surface area contributed by atoms with Crippen molar-refractivity contribution >= 4 is 46.7 Å². The number of hydrogen-bond donors (Lipinski definition) is 4. The molecular weight excluding hydrogens is 415 g/mol. The lowest BCUT2D eigenvalue weighted by Crippen LogP contribution is -2.30. The summed E-state index contributed by atoms with van der Waals surface area (Å²) < 4.78 is 56.0. The molecule has 2 aromatic rings. The van der Waals surface area contributed by atoms with Crippen molar-refractivity contribution in [2.24, 2.45) is 0 Å². The number of H-pyrrole nitrogens is 1. The fourth-order valence-corrected chi connectivity index (χ4v) is 2.93. The van der Waals surface area contributed by atoms with E-state index in [2.05, 4.69) is 25.5 Å². The van der Waals surface area contributed by atoms with Crippen LogP contribution in [-0.4, -0.2) is 62.0 Å². The number of nitrogens with two attached hydrogens (primary N) is 1. The molecule has 0 fully saturated rings. The van der Waals surface area contributed by atoms with Gasteiger partial charge in [0.25, 0.3) is 6.43 Å². The monoisotopic (exact) mass is 426 g/mol. The molecule has 1 aliphatic rings. The van der Waals surface area contributed by atoms with Crippen LogP contribution in [0.5, 0.6) is 0 Å². The fraction of sp³-hybridized carbons (Fsp3) is 0.308. The summed E-state index contributed by atoms with van der Waals surface area (Å²) in [5.74, 6) is -2.91. The van der Waals surface area contributed by atoms with Crippen LogP contribution in [0.3, 0.4) is 0 Å². The minimum atomic E-state index is -5.08. The molecule has 0 radical (unpaired) electrons. The number of thioether (sulfide) groups is 1. The number of hydrogen-bond acceptors (Lipinski definition) is 7. The van der Waals surface area contributed by atoms with Crippen molar-refractivity contribution in [1.29, 1.82) is 0 Å². The average Bonchev–Trinajstić information content (AvgIpc) is 2.88. The van der Waals surface area contributed by atoms with Crippen LogP contribution in [0, 0.1) is 0 Å². The SMILES string of the molecule is Nc1nc2c3c([nH]nc3n1)C=C(C(=O)NCC(F)F)CS2.O=C(O)C(F)(F)F. The van der Waals surface area contributed by atoms with E-state index < -0.39 is 31.0 Å². The molecule has 0 bridgehead atoms. The smallest absolute Gasteiger partial charge is 0.475 e. The van der Waals surface area contributed by atoms with Gasteiger partial charge in [-0.15, -0.1) is 11.8 Å². The molecule has 1 aliphatic heterocycles. The van der Waals surface area contributed by atoms with Crippen LogP contribution in [0.15, 0.2) is 10.6 Å². The van der Waals surface area contributed by atoms with E-state index in [0.717, 1.165) is 0 Å². The van der Waals surface area contributed by atoms with Crippen LogP contribution in [0.2, 0.25) is 0 Å². The van der Waals surface area contributed by atoms with Gasteiger partial charge >= 0.3 is 12.1 Å². The second-order valence-corrected chi connectivity index (χ2v) is 6.05. The molecule has 28 heavy (non-hydrogen) atoms. The Morgan fingerprint density at radius 2 is 2.00 bits per heavy atom. The molecule has 0 aliphatic carbocycles. The third-order valence-corrected chi connectivity index (χ3v) is 4.08. The molecule has 3 heterocycles. The van der Waals surface area contributed by atoms with Crippen LogP contribution < -0.4 is 11.1 Å². The molecular formula is C13H11F5N6O3S. The van der Waals surface area contributed by atoms with Crippen molar-refractivity contribution in [3.8, 4) is 0 Å². The van der Waals surface area contributed by atoms with Crippen molar-refractivity contribution in [2.45, 2.75) is 17.6 Å². The predicted octanol–water partition coefficient (Wildman–Crippen LogP) is 1.44. The van der Waals surface area contributed by atoms with Gasteiger partial charge in [-0.25, -0.2) is 18.6 Å². The van der Waals surface area contributed by atoms with Gasteiger partial charge in [0.2, 0.25) is 11.9 Å². The Morgan fingerprint density at radius 1 is 1.36 bits per heavy atom. The summed E-state index contributed by atoms with van der Waals surface area (Å²) in [5, 5.41) is 17.3. The lowest BCUT2D eigenvalue weighted by atomic mass is 10.2. The largest absolute Gasteiger partial charge is 0.490 e. The Labute approximate surface area is 156 Å². The highest BCUT2D eigenvalue weighted by molar-refractivity contribution is 7.99. The number of aliphatic carboxylic acids is 1. The number of nitrogen functional groups attached to an aromatic ring is 1. The minimum absolute atomic E-state index is 0.0913. The highest BCUT2D eigenvalue weighted by atomic mass is 32.2. The Bertz CT molecular complexity index is 929. The van der Waals surface area contributed by atoms with E-state index in [0.29, 0.717) is 33.1 Å². The molecule has 0 atom stereocenters. The second kappa shape index (κ2) is 8.37. The molecule has 15 heteroatoms. The molecule has 0 saturated heterocycles. The van der Waals surface area contributed by atoms with Gasteiger partial charge in [-0.1, -0.05) is 0 Å². The van der Waals surface area contributed by atoms with Crippen molar-refractivity contribution in [3.63, 3.8) is 0 Å². The van der Waals surface area contributed by atoms with Gasteiger partial charge in [0, 0.05) is 11.3 Å². The summed E-state index contributed by atoms with van der Waals surface area (Å²) in [6.45, 7) is -0.682. The van der Waals surface area contributed by atoms with Gasteiger partial charge in [-0.2, -0.15) is 23.3 Å². The number of aromatic amines is 1. The third kappa shape index (κ3) is 5.28. The summed E-state index contributed by atoms with van der Waals surface area (Å²) in [4.78, 5) is 28.9. The van der Waals surface area contributed by atoms with Crippen LogP contribution in [-0.2, 0) is 9.59 Å². The van der Waals surface area contributed by atoms with Crippen molar-refractivity contribution in [1.82, 2.24) is 25.5 Å². The Hall–Kier alpha value is -2.97. The number of carbonyl (C=O) groups excluding carboxylic acids is 1. The maximum Gasteiger partial charge on any atom is 0.490 e.